The third-order valence-electron chi connectivity index (χ3n) is 4.98. The van der Waals surface area contributed by atoms with E-state index in [2.05, 4.69) is 5.32 Å². The molecule has 0 bridgehead atoms. The Hall–Kier alpha value is -4.12. The Morgan fingerprint density at radius 2 is 1.74 bits per heavy atom. The van der Waals surface area contributed by atoms with Crippen LogP contribution in [0.5, 0.6) is 11.5 Å². The fourth-order valence-electron chi connectivity index (χ4n) is 3.25. The molecule has 11 heteroatoms. The average molecular weight is 500 g/mol. The first kappa shape index (κ1) is 25.5. The van der Waals surface area contributed by atoms with Crippen molar-refractivity contribution in [2.24, 2.45) is 0 Å². The summed E-state index contributed by atoms with van der Waals surface area (Å²) in [6.45, 7) is 0.509. The van der Waals surface area contributed by atoms with Gasteiger partial charge in [0.25, 0.3) is 11.6 Å². The maximum Gasteiger partial charge on any atom is 0.271 e. The molecule has 0 spiro atoms. The summed E-state index contributed by atoms with van der Waals surface area (Å²) < 4.78 is 36.9. The molecule has 3 aromatic rings. The van der Waals surface area contributed by atoms with Crippen LogP contribution in [0.15, 0.2) is 72.8 Å². The molecule has 0 heterocycles. The van der Waals surface area contributed by atoms with Gasteiger partial charge in [0.15, 0.2) is 0 Å². The van der Waals surface area contributed by atoms with E-state index in [1.165, 1.54) is 19.2 Å². The molecule has 0 aliphatic carbocycles. The van der Waals surface area contributed by atoms with Gasteiger partial charge in [0.2, 0.25) is 10.0 Å². The lowest BCUT2D eigenvalue weighted by molar-refractivity contribution is -0.384. The monoisotopic (exact) mass is 499 g/mol. The number of hydrogen-bond donors (Lipinski definition) is 1. The minimum atomic E-state index is -3.82. The van der Waals surface area contributed by atoms with Crippen molar-refractivity contribution in [3.05, 3.63) is 94.0 Å². The number of nitrogens with one attached hydrogen (secondary N) is 1. The van der Waals surface area contributed by atoms with Gasteiger partial charge in [0.1, 0.15) is 23.8 Å². The van der Waals surface area contributed by atoms with E-state index in [1.54, 1.807) is 24.3 Å². The summed E-state index contributed by atoms with van der Waals surface area (Å²) in [5, 5.41) is 14.0. The molecule has 0 radical (unpaired) electrons. The number of amides is 1. The fourth-order valence-corrected chi connectivity index (χ4v) is 4.13. The molecule has 0 aliphatic rings. The van der Waals surface area contributed by atoms with E-state index in [0.717, 1.165) is 16.6 Å². The standard InChI is InChI=1S/C24H25N3O7S/c1-33-23-13-12-20(27(29)30)16-22(23)26(35(2,31)32)17-18-8-10-19(11-9-18)24(28)25-14-15-34-21-6-4-3-5-7-21/h3-13,16H,14-15,17H2,1-2H3,(H,25,28). The first-order valence-electron chi connectivity index (χ1n) is 10.5. The average Bonchev–Trinajstić information content (AvgIpc) is 2.85. The second-order valence-electron chi connectivity index (χ2n) is 7.50. The Labute approximate surface area is 203 Å². The highest BCUT2D eigenvalue weighted by Crippen LogP contribution is 2.34. The van der Waals surface area contributed by atoms with Gasteiger partial charge in [-0.1, -0.05) is 30.3 Å². The number of carbonyl (C=O) groups is 1. The number of rotatable bonds is 11. The summed E-state index contributed by atoms with van der Waals surface area (Å²) in [5.41, 5.74) is 0.752. The van der Waals surface area contributed by atoms with Crippen molar-refractivity contribution in [3.63, 3.8) is 0 Å². The molecule has 184 valence electrons. The Morgan fingerprint density at radius 1 is 1.06 bits per heavy atom. The van der Waals surface area contributed by atoms with Gasteiger partial charge in [-0.3, -0.25) is 19.2 Å². The van der Waals surface area contributed by atoms with Crippen LogP contribution in [0.2, 0.25) is 0 Å². The molecule has 0 unspecified atom stereocenters. The smallest absolute Gasteiger partial charge is 0.271 e. The minimum absolute atomic E-state index is 0.0458. The molecular formula is C24H25N3O7S. The van der Waals surface area contributed by atoms with Crippen LogP contribution in [0.3, 0.4) is 0 Å². The van der Waals surface area contributed by atoms with Crippen LogP contribution in [-0.4, -0.2) is 45.8 Å². The maximum absolute atomic E-state index is 12.5. The number of nitrogens with zero attached hydrogens (tertiary/aromatic N) is 2. The van der Waals surface area contributed by atoms with Crippen molar-refractivity contribution in [3.8, 4) is 11.5 Å². The molecule has 10 nitrogen and oxygen atoms in total. The Bertz CT molecular complexity index is 1280. The van der Waals surface area contributed by atoms with Crippen molar-refractivity contribution in [1.29, 1.82) is 0 Å². The number of benzene rings is 3. The predicted molar refractivity (Wildman–Crippen MR) is 131 cm³/mol. The number of ether oxygens (including phenoxy) is 2. The Morgan fingerprint density at radius 3 is 2.34 bits per heavy atom. The molecule has 3 rings (SSSR count). The number of para-hydroxylation sites is 1. The zero-order valence-electron chi connectivity index (χ0n) is 19.2. The Kier molecular flexibility index (Phi) is 8.26. The SMILES string of the molecule is COc1ccc([N+](=O)[O-])cc1N(Cc1ccc(C(=O)NCCOc2ccccc2)cc1)S(C)(=O)=O. The normalized spacial score (nSPS) is 10.9. The second kappa shape index (κ2) is 11.3. The third kappa shape index (κ3) is 6.93. The molecule has 0 aromatic heterocycles. The number of hydrogen-bond acceptors (Lipinski definition) is 7. The molecule has 35 heavy (non-hydrogen) atoms. The van der Waals surface area contributed by atoms with Gasteiger partial charge in [-0.25, -0.2) is 8.42 Å². The molecule has 0 atom stereocenters. The van der Waals surface area contributed by atoms with Crippen molar-refractivity contribution < 1.29 is 27.6 Å². The summed E-state index contributed by atoms with van der Waals surface area (Å²) in [5.74, 6) is 0.588. The van der Waals surface area contributed by atoms with Crippen LogP contribution in [0.1, 0.15) is 15.9 Å². The van der Waals surface area contributed by atoms with Crippen LogP contribution < -0.4 is 19.1 Å². The van der Waals surface area contributed by atoms with Crippen molar-refractivity contribution in [1.82, 2.24) is 5.32 Å². The number of sulfonamides is 1. The zero-order chi connectivity index (χ0) is 25.4. The molecule has 3 aromatic carbocycles. The van der Waals surface area contributed by atoms with E-state index >= 15 is 0 Å². The van der Waals surface area contributed by atoms with E-state index in [9.17, 15) is 23.3 Å². The van der Waals surface area contributed by atoms with E-state index in [-0.39, 0.29) is 29.6 Å². The van der Waals surface area contributed by atoms with E-state index in [0.29, 0.717) is 30.0 Å². The molecule has 0 aliphatic heterocycles. The second-order valence-corrected chi connectivity index (χ2v) is 9.40. The molecule has 0 fully saturated rings. The zero-order valence-corrected chi connectivity index (χ0v) is 20.0. The van der Waals surface area contributed by atoms with Crippen LogP contribution >= 0.6 is 0 Å². The van der Waals surface area contributed by atoms with Gasteiger partial charge in [-0.15, -0.1) is 0 Å². The number of anilines is 1. The topological polar surface area (TPSA) is 128 Å². The number of non-ortho nitro benzene ring substituents is 1. The third-order valence-corrected chi connectivity index (χ3v) is 6.11. The summed E-state index contributed by atoms with van der Waals surface area (Å²) in [7, 11) is -2.47. The van der Waals surface area contributed by atoms with Gasteiger partial charge in [0, 0.05) is 17.7 Å². The molecule has 0 saturated carbocycles. The van der Waals surface area contributed by atoms with E-state index in [1.807, 2.05) is 30.3 Å². The highest BCUT2D eigenvalue weighted by Gasteiger charge is 2.24. The fraction of sp³-hybridized carbons (Fsp3) is 0.208. The van der Waals surface area contributed by atoms with Gasteiger partial charge in [-0.05, 0) is 35.9 Å². The predicted octanol–water partition coefficient (Wildman–Crippen LogP) is 3.38. The largest absolute Gasteiger partial charge is 0.495 e. The number of methoxy groups -OCH3 is 1. The number of nitro groups is 1. The van der Waals surface area contributed by atoms with Gasteiger partial charge < -0.3 is 14.8 Å². The highest BCUT2D eigenvalue weighted by atomic mass is 32.2. The van der Waals surface area contributed by atoms with Crippen molar-refractivity contribution in [2.45, 2.75) is 6.54 Å². The molecule has 1 N–H and O–H groups in total. The lowest BCUT2D eigenvalue weighted by Crippen LogP contribution is -2.30. The lowest BCUT2D eigenvalue weighted by Gasteiger charge is -2.24. The van der Waals surface area contributed by atoms with E-state index in [4.69, 9.17) is 9.47 Å². The molecule has 0 saturated heterocycles. The van der Waals surface area contributed by atoms with Crippen LogP contribution in [0.4, 0.5) is 11.4 Å². The Balaban J connectivity index is 1.69. The first-order valence-corrected chi connectivity index (χ1v) is 12.4. The molecular weight excluding hydrogens is 474 g/mol. The van der Waals surface area contributed by atoms with Crippen molar-refractivity contribution >= 4 is 27.3 Å². The molecule has 1 amide bonds. The highest BCUT2D eigenvalue weighted by molar-refractivity contribution is 7.92. The summed E-state index contributed by atoms with van der Waals surface area (Å²) in [6, 6.07) is 19.4. The van der Waals surface area contributed by atoms with Crippen LogP contribution in [-0.2, 0) is 16.6 Å². The quantitative estimate of drug-likeness (QED) is 0.243. The van der Waals surface area contributed by atoms with Gasteiger partial charge >= 0.3 is 0 Å². The van der Waals surface area contributed by atoms with Gasteiger partial charge in [-0.2, -0.15) is 0 Å². The van der Waals surface area contributed by atoms with E-state index < -0.39 is 14.9 Å². The minimum Gasteiger partial charge on any atom is -0.495 e. The summed E-state index contributed by atoms with van der Waals surface area (Å²) >= 11 is 0. The summed E-state index contributed by atoms with van der Waals surface area (Å²) in [4.78, 5) is 23.0. The first-order chi connectivity index (χ1) is 16.7. The van der Waals surface area contributed by atoms with Crippen LogP contribution in [0.25, 0.3) is 0 Å². The van der Waals surface area contributed by atoms with Crippen molar-refractivity contribution in [2.75, 3.05) is 30.8 Å². The number of nitro benzene ring substituents is 1. The van der Waals surface area contributed by atoms with Gasteiger partial charge in [0.05, 0.1) is 31.4 Å². The maximum atomic E-state index is 12.5. The lowest BCUT2D eigenvalue weighted by atomic mass is 10.1. The van der Waals surface area contributed by atoms with Crippen LogP contribution in [0, 0.1) is 10.1 Å². The summed E-state index contributed by atoms with van der Waals surface area (Å²) in [6.07, 6.45) is 1.00. The number of carbonyl (C=O) groups excluding carboxylic acids is 1.